The molecule has 0 fully saturated rings. The highest BCUT2D eigenvalue weighted by atomic mass is 14.7. The summed E-state index contributed by atoms with van der Waals surface area (Å²) >= 11 is 0. The van der Waals surface area contributed by atoms with Crippen LogP contribution in [0.1, 0.15) is 24.6 Å². The van der Waals surface area contributed by atoms with E-state index in [1.807, 2.05) is 13.8 Å². The fourth-order valence-corrected chi connectivity index (χ4v) is 1.83. The molecule has 1 aromatic carbocycles. The lowest BCUT2D eigenvalue weighted by atomic mass is 10.0. The van der Waals surface area contributed by atoms with Crippen molar-refractivity contribution in [2.75, 3.05) is 0 Å². The van der Waals surface area contributed by atoms with Crippen LogP contribution in [0.5, 0.6) is 0 Å². The van der Waals surface area contributed by atoms with Crippen molar-refractivity contribution in [3.63, 3.8) is 0 Å². The van der Waals surface area contributed by atoms with Crippen LogP contribution in [-0.2, 0) is 6.42 Å². The lowest BCUT2D eigenvalue weighted by Gasteiger charge is -2.06. The Labute approximate surface area is 96.5 Å². The van der Waals surface area contributed by atoms with Crippen LogP contribution in [0.4, 0.5) is 0 Å². The van der Waals surface area contributed by atoms with Gasteiger partial charge >= 0.3 is 0 Å². The van der Waals surface area contributed by atoms with Crippen LogP contribution in [-0.4, -0.2) is 11.0 Å². The minimum absolute atomic E-state index is 0.270. The van der Waals surface area contributed by atoms with Gasteiger partial charge in [0.05, 0.1) is 5.52 Å². The van der Waals surface area contributed by atoms with E-state index >= 15 is 0 Å². The molecule has 0 aliphatic rings. The molecule has 2 nitrogen and oxygen atoms in total. The van der Waals surface area contributed by atoms with Crippen LogP contribution < -0.4 is 5.73 Å². The number of nitrogens with zero attached hydrogens (tertiary/aromatic N) is 1. The van der Waals surface area contributed by atoms with Crippen molar-refractivity contribution in [3.05, 3.63) is 41.6 Å². The van der Waals surface area contributed by atoms with Gasteiger partial charge in [-0.1, -0.05) is 12.1 Å². The number of aromatic nitrogens is 1. The maximum atomic E-state index is 5.76. The molecule has 2 N–H and O–H groups in total. The van der Waals surface area contributed by atoms with E-state index in [4.69, 9.17) is 5.73 Å². The largest absolute Gasteiger partial charge is 0.328 e. The zero-order chi connectivity index (χ0) is 11.5. The maximum Gasteiger partial charge on any atom is 0.0705 e. The summed E-state index contributed by atoms with van der Waals surface area (Å²) in [4.78, 5) is 4.49. The highest BCUT2D eigenvalue weighted by Crippen LogP contribution is 2.16. The van der Waals surface area contributed by atoms with Crippen LogP contribution in [0.2, 0.25) is 0 Å². The van der Waals surface area contributed by atoms with E-state index in [2.05, 4.69) is 35.3 Å². The highest BCUT2D eigenvalue weighted by Gasteiger charge is 2.00. The first-order valence-electron chi connectivity index (χ1n) is 5.77. The quantitative estimate of drug-likeness (QED) is 0.853. The van der Waals surface area contributed by atoms with Crippen LogP contribution in [0.15, 0.2) is 30.3 Å². The van der Waals surface area contributed by atoms with Gasteiger partial charge in [0.25, 0.3) is 0 Å². The van der Waals surface area contributed by atoms with Crippen molar-refractivity contribution in [2.24, 2.45) is 5.73 Å². The van der Waals surface area contributed by atoms with Gasteiger partial charge in [-0.25, -0.2) is 0 Å². The number of rotatable bonds is 3. The smallest absolute Gasteiger partial charge is 0.0705 e. The Hall–Kier alpha value is -1.41. The second kappa shape index (κ2) is 4.62. The lowest BCUT2D eigenvalue weighted by molar-refractivity contribution is 0.666. The Kier molecular flexibility index (Phi) is 3.20. The molecule has 0 unspecified atom stereocenters. The molecule has 2 heteroatoms. The Morgan fingerprint density at radius 2 is 2.06 bits per heavy atom. The summed E-state index contributed by atoms with van der Waals surface area (Å²) < 4.78 is 0. The van der Waals surface area contributed by atoms with Crippen LogP contribution in [0.25, 0.3) is 10.9 Å². The third-order valence-electron chi connectivity index (χ3n) is 2.78. The molecule has 2 rings (SSSR count). The Morgan fingerprint density at radius 3 is 2.81 bits per heavy atom. The van der Waals surface area contributed by atoms with Crippen LogP contribution in [0.3, 0.4) is 0 Å². The predicted molar refractivity (Wildman–Crippen MR) is 68.5 cm³/mol. The first-order valence-corrected chi connectivity index (χ1v) is 5.77. The Bertz CT molecular complexity index is 489. The SMILES string of the molecule is Cc1ccc2cc(CC[C@@H](C)N)ccc2n1. The highest BCUT2D eigenvalue weighted by molar-refractivity contribution is 5.79. The van der Waals surface area contributed by atoms with E-state index in [1.165, 1.54) is 10.9 Å². The Morgan fingerprint density at radius 1 is 1.25 bits per heavy atom. The van der Waals surface area contributed by atoms with Gasteiger partial charge in [0.1, 0.15) is 0 Å². The zero-order valence-electron chi connectivity index (χ0n) is 9.90. The second-order valence-corrected chi connectivity index (χ2v) is 4.50. The molecule has 1 atom stereocenters. The molecule has 0 spiro atoms. The molecular formula is C14H18N2. The molecule has 1 heterocycles. The van der Waals surface area contributed by atoms with E-state index in [9.17, 15) is 0 Å². The molecular weight excluding hydrogens is 196 g/mol. The molecule has 0 aliphatic heterocycles. The summed E-state index contributed by atoms with van der Waals surface area (Å²) in [5, 5.41) is 1.22. The number of fused-ring (bicyclic) bond motifs is 1. The van der Waals surface area contributed by atoms with Gasteiger partial charge in [0, 0.05) is 17.1 Å². The monoisotopic (exact) mass is 214 g/mol. The normalized spacial score (nSPS) is 12.9. The molecule has 1 aromatic heterocycles. The summed E-state index contributed by atoms with van der Waals surface area (Å²) in [5.41, 5.74) is 9.24. The zero-order valence-corrected chi connectivity index (χ0v) is 9.90. The summed E-state index contributed by atoms with van der Waals surface area (Å²) in [6.45, 7) is 4.06. The van der Waals surface area contributed by atoms with Gasteiger partial charge in [0.2, 0.25) is 0 Å². The topological polar surface area (TPSA) is 38.9 Å². The van der Waals surface area contributed by atoms with Crippen molar-refractivity contribution in [1.82, 2.24) is 4.98 Å². The predicted octanol–water partition coefficient (Wildman–Crippen LogP) is 2.82. The molecule has 0 saturated carbocycles. The van der Waals surface area contributed by atoms with Gasteiger partial charge in [-0.15, -0.1) is 0 Å². The van der Waals surface area contributed by atoms with Gasteiger partial charge < -0.3 is 5.73 Å². The Balaban J connectivity index is 2.26. The molecule has 0 bridgehead atoms. The number of nitrogens with two attached hydrogens (primary N) is 1. The first kappa shape index (κ1) is 11.1. The lowest BCUT2D eigenvalue weighted by Crippen LogP contribution is -2.15. The number of hydrogen-bond donors (Lipinski definition) is 1. The fraction of sp³-hybridized carbons (Fsp3) is 0.357. The van der Waals surface area contributed by atoms with E-state index in [1.54, 1.807) is 0 Å². The molecule has 0 aliphatic carbocycles. The molecule has 2 aromatic rings. The third-order valence-corrected chi connectivity index (χ3v) is 2.78. The number of hydrogen-bond acceptors (Lipinski definition) is 2. The second-order valence-electron chi connectivity index (χ2n) is 4.50. The third kappa shape index (κ3) is 2.58. The fourth-order valence-electron chi connectivity index (χ4n) is 1.83. The average molecular weight is 214 g/mol. The maximum absolute atomic E-state index is 5.76. The summed E-state index contributed by atoms with van der Waals surface area (Å²) in [6.07, 6.45) is 2.08. The molecule has 16 heavy (non-hydrogen) atoms. The molecule has 0 saturated heterocycles. The van der Waals surface area contributed by atoms with Gasteiger partial charge in [-0.05, 0) is 50.5 Å². The number of benzene rings is 1. The van der Waals surface area contributed by atoms with Crippen molar-refractivity contribution in [2.45, 2.75) is 32.7 Å². The summed E-state index contributed by atoms with van der Waals surface area (Å²) in [6, 6.07) is 10.9. The first-order chi connectivity index (χ1) is 7.65. The van der Waals surface area contributed by atoms with Gasteiger partial charge in [-0.3, -0.25) is 4.98 Å². The van der Waals surface area contributed by atoms with Crippen molar-refractivity contribution in [3.8, 4) is 0 Å². The summed E-state index contributed by atoms with van der Waals surface area (Å²) in [7, 11) is 0. The number of aryl methyl sites for hydroxylation is 2. The van der Waals surface area contributed by atoms with Crippen LogP contribution >= 0.6 is 0 Å². The van der Waals surface area contributed by atoms with Crippen LogP contribution in [0, 0.1) is 6.92 Å². The molecule has 0 amide bonds. The van der Waals surface area contributed by atoms with Crippen molar-refractivity contribution in [1.29, 1.82) is 0 Å². The average Bonchev–Trinajstić information content (AvgIpc) is 2.26. The van der Waals surface area contributed by atoms with E-state index in [0.29, 0.717) is 0 Å². The molecule has 0 radical (unpaired) electrons. The summed E-state index contributed by atoms with van der Waals surface area (Å²) in [5.74, 6) is 0. The van der Waals surface area contributed by atoms with Crippen molar-refractivity contribution >= 4 is 10.9 Å². The van der Waals surface area contributed by atoms with E-state index in [-0.39, 0.29) is 6.04 Å². The molecule has 84 valence electrons. The van der Waals surface area contributed by atoms with Crippen molar-refractivity contribution < 1.29 is 0 Å². The van der Waals surface area contributed by atoms with Gasteiger partial charge in [0.15, 0.2) is 0 Å². The van der Waals surface area contributed by atoms with Gasteiger partial charge in [-0.2, -0.15) is 0 Å². The minimum atomic E-state index is 0.270. The number of pyridine rings is 1. The standard InChI is InChI=1S/C14H18N2/c1-10(15)3-5-12-6-8-14-13(9-12)7-4-11(2)16-14/h4,6-10H,3,5,15H2,1-2H3/t10-/m1/s1. The van der Waals surface area contributed by atoms with E-state index in [0.717, 1.165) is 24.1 Å². The minimum Gasteiger partial charge on any atom is -0.328 e. The van der Waals surface area contributed by atoms with E-state index < -0.39 is 0 Å².